The first-order chi connectivity index (χ1) is 20.5. The average Bonchev–Trinajstić information content (AvgIpc) is 3.32. The van der Waals surface area contributed by atoms with Gasteiger partial charge in [-0.25, -0.2) is 4.79 Å². The van der Waals surface area contributed by atoms with Crippen molar-refractivity contribution in [1.29, 1.82) is 0 Å². The van der Waals surface area contributed by atoms with Crippen LogP contribution in [0.25, 0.3) is 11.1 Å². The van der Waals surface area contributed by atoms with Crippen molar-refractivity contribution in [2.45, 2.75) is 19.4 Å². The van der Waals surface area contributed by atoms with E-state index in [1.165, 1.54) is 0 Å². The number of benzene rings is 5. The standard InChI is InChI=1S/C36H29ClN2O3/c1-3-39(4-2)24-18-19-28-33(20-24)41-34-21-26(23-12-6-5-7-13-23)32(38-31-17-11-10-16-30(31)37)22-29(34)36(28)27-15-9-8-14-25(27)35(40)42-36/h5-22,38H,3-4H2,1-2H3. The molecule has 208 valence electrons. The molecule has 0 amide bonds. The molecule has 2 heterocycles. The molecule has 0 radical (unpaired) electrons. The predicted octanol–water partition coefficient (Wildman–Crippen LogP) is 9.16. The predicted molar refractivity (Wildman–Crippen MR) is 168 cm³/mol. The molecule has 0 bridgehead atoms. The number of hydrogen-bond acceptors (Lipinski definition) is 5. The monoisotopic (exact) mass is 572 g/mol. The Morgan fingerprint density at radius 1 is 0.714 bits per heavy atom. The molecule has 7 rings (SSSR count). The zero-order valence-corrected chi connectivity index (χ0v) is 24.1. The maximum atomic E-state index is 13.4. The highest BCUT2D eigenvalue weighted by Crippen LogP contribution is 2.58. The van der Waals surface area contributed by atoms with Crippen molar-refractivity contribution in [3.05, 3.63) is 136 Å². The maximum absolute atomic E-state index is 13.4. The number of nitrogens with zero attached hydrogens (tertiary/aromatic N) is 1. The number of nitrogens with one attached hydrogen (secondary N) is 1. The summed E-state index contributed by atoms with van der Waals surface area (Å²) in [5, 5.41) is 4.16. The van der Waals surface area contributed by atoms with Gasteiger partial charge >= 0.3 is 5.97 Å². The summed E-state index contributed by atoms with van der Waals surface area (Å²) in [6.45, 7) is 6.00. The number of carbonyl (C=O) groups excluding carboxylic acids is 1. The second-order valence-corrected chi connectivity index (χ2v) is 10.8. The summed E-state index contributed by atoms with van der Waals surface area (Å²) in [4.78, 5) is 15.7. The van der Waals surface area contributed by atoms with Crippen molar-refractivity contribution in [2.75, 3.05) is 23.3 Å². The van der Waals surface area contributed by atoms with Crippen LogP contribution in [-0.2, 0) is 10.3 Å². The van der Waals surface area contributed by atoms with Crippen molar-refractivity contribution in [3.63, 3.8) is 0 Å². The SMILES string of the molecule is CCN(CC)c1ccc2c(c1)Oc1cc(-c3ccccc3)c(Nc3ccccc3Cl)cc1C21OC(=O)c2ccccc21. The van der Waals surface area contributed by atoms with Crippen LogP contribution in [-0.4, -0.2) is 19.1 Å². The minimum atomic E-state index is -1.18. The fourth-order valence-corrected chi connectivity index (χ4v) is 6.34. The second-order valence-electron chi connectivity index (χ2n) is 10.4. The Morgan fingerprint density at radius 2 is 1.43 bits per heavy atom. The van der Waals surface area contributed by atoms with Crippen LogP contribution in [0.5, 0.6) is 11.5 Å². The molecular weight excluding hydrogens is 544 g/mol. The fraction of sp³-hybridized carbons (Fsp3) is 0.139. The molecule has 0 aromatic heterocycles. The van der Waals surface area contributed by atoms with E-state index in [9.17, 15) is 4.79 Å². The van der Waals surface area contributed by atoms with Crippen LogP contribution in [0.1, 0.15) is 40.9 Å². The van der Waals surface area contributed by atoms with Crippen molar-refractivity contribution in [2.24, 2.45) is 0 Å². The van der Waals surface area contributed by atoms with E-state index < -0.39 is 5.60 Å². The third-order valence-electron chi connectivity index (χ3n) is 8.19. The molecule has 5 aromatic rings. The van der Waals surface area contributed by atoms with E-state index in [4.69, 9.17) is 21.1 Å². The molecule has 6 heteroatoms. The van der Waals surface area contributed by atoms with Gasteiger partial charge in [-0.1, -0.05) is 72.3 Å². The van der Waals surface area contributed by atoms with Gasteiger partial charge in [0.25, 0.3) is 0 Å². The number of anilines is 3. The first-order valence-electron chi connectivity index (χ1n) is 14.2. The highest BCUT2D eigenvalue weighted by atomic mass is 35.5. The first kappa shape index (κ1) is 26.2. The molecule has 1 unspecified atom stereocenters. The van der Waals surface area contributed by atoms with E-state index in [-0.39, 0.29) is 5.97 Å². The van der Waals surface area contributed by atoms with Crippen LogP contribution >= 0.6 is 11.6 Å². The Bertz CT molecular complexity index is 1830. The highest BCUT2D eigenvalue weighted by Gasteiger charge is 2.53. The molecule has 0 saturated heterocycles. The quantitative estimate of drug-likeness (QED) is 0.206. The van der Waals surface area contributed by atoms with Gasteiger partial charge in [0.15, 0.2) is 5.60 Å². The number of para-hydroxylation sites is 1. The maximum Gasteiger partial charge on any atom is 0.340 e. The second kappa shape index (κ2) is 10.3. The van der Waals surface area contributed by atoms with Gasteiger partial charge in [0.05, 0.1) is 16.3 Å². The third kappa shape index (κ3) is 4.04. The fourth-order valence-electron chi connectivity index (χ4n) is 6.16. The van der Waals surface area contributed by atoms with Crippen molar-refractivity contribution >= 4 is 34.6 Å². The highest BCUT2D eigenvalue weighted by molar-refractivity contribution is 6.33. The molecule has 5 aromatic carbocycles. The summed E-state index contributed by atoms with van der Waals surface area (Å²) in [6.07, 6.45) is 0. The van der Waals surface area contributed by atoms with E-state index in [2.05, 4.69) is 48.3 Å². The Kier molecular flexibility index (Phi) is 6.40. The molecule has 5 nitrogen and oxygen atoms in total. The van der Waals surface area contributed by atoms with Gasteiger partial charge in [0.2, 0.25) is 0 Å². The molecule has 2 aliphatic heterocycles. The Balaban J connectivity index is 1.51. The van der Waals surface area contributed by atoms with Gasteiger partial charge < -0.3 is 19.7 Å². The van der Waals surface area contributed by atoms with Gasteiger partial charge in [-0.3, -0.25) is 0 Å². The molecule has 2 aliphatic rings. The van der Waals surface area contributed by atoms with E-state index >= 15 is 0 Å². The zero-order chi connectivity index (χ0) is 28.8. The lowest BCUT2D eigenvalue weighted by Crippen LogP contribution is -2.33. The number of fused-ring (bicyclic) bond motifs is 6. The van der Waals surface area contributed by atoms with Gasteiger partial charge in [-0.15, -0.1) is 0 Å². The van der Waals surface area contributed by atoms with Crippen molar-refractivity contribution < 1.29 is 14.3 Å². The number of ether oxygens (including phenoxy) is 2. The number of carbonyl (C=O) groups is 1. The summed E-state index contributed by atoms with van der Waals surface area (Å²) in [7, 11) is 0. The summed E-state index contributed by atoms with van der Waals surface area (Å²) in [6, 6.07) is 35.7. The van der Waals surface area contributed by atoms with Gasteiger partial charge in [0, 0.05) is 52.8 Å². The van der Waals surface area contributed by atoms with Crippen LogP contribution in [0.2, 0.25) is 5.02 Å². The number of hydrogen-bond donors (Lipinski definition) is 1. The largest absolute Gasteiger partial charge is 0.456 e. The third-order valence-corrected chi connectivity index (χ3v) is 8.52. The van der Waals surface area contributed by atoms with E-state index in [0.29, 0.717) is 22.1 Å². The van der Waals surface area contributed by atoms with Gasteiger partial charge in [-0.05, 0) is 61.9 Å². The minimum absolute atomic E-state index is 0.357. The molecule has 0 fully saturated rings. The Morgan fingerprint density at radius 3 is 2.21 bits per heavy atom. The lowest BCUT2D eigenvalue weighted by molar-refractivity contribution is 0.0224. The lowest BCUT2D eigenvalue weighted by Gasteiger charge is -2.38. The van der Waals surface area contributed by atoms with Crippen molar-refractivity contribution in [1.82, 2.24) is 0 Å². The van der Waals surface area contributed by atoms with Crippen LogP contribution < -0.4 is 15.0 Å². The minimum Gasteiger partial charge on any atom is -0.456 e. The van der Waals surface area contributed by atoms with Gasteiger partial charge in [0.1, 0.15) is 11.5 Å². The lowest BCUT2D eigenvalue weighted by atomic mass is 9.77. The first-order valence-corrected chi connectivity index (χ1v) is 14.6. The molecule has 42 heavy (non-hydrogen) atoms. The Hall–Kier alpha value is -4.74. The van der Waals surface area contributed by atoms with Crippen LogP contribution in [0, 0.1) is 0 Å². The summed E-state index contributed by atoms with van der Waals surface area (Å²) >= 11 is 6.59. The summed E-state index contributed by atoms with van der Waals surface area (Å²) in [5.41, 5.74) is 6.31. The number of halogens is 1. The smallest absolute Gasteiger partial charge is 0.340 e. The van der Waals surface area contributed by atoms with E-state index in [0.717, 1.165) is 58.0 Å². The normalized spacial score (nSPS) is 16.2. The van der Waals surface area contributed by atoms with Gasteiger partial charge in [-0.2, -0.15) is 0 Å². The molecule has 0 aliphatic carbocycles. The number of rotatable bonds is 6. The van der Waals surface area contributed by atoms with Crippen LogP contribution in [0.15, 0.2) is 109 Å². The van der Waals surface area contributed by atoms with Crippen LogP contribution in [0.3, 0.4) is 0 Å². The molecule has 1 N–H and O–H groups in total. The molecule has 1 spiro atoms. The Labute approximate surface area is 250 Å². The zero-order valence-electron chi connectivity index (χ0n) is 23.4. The van der Waals surface area contributed by atoms with E-state index in [1.54, 1.807) is 0 Å². The molecular formula is C36H29ClN2O3. The average molecular weight is 573 g/mol. The van der Waals surface area contributed by atoms with E-state index in [1.807, 2.05) is 84.9 Å². The number of esters is 1. The van der Waals surface area contributed by atoms with Crippen molar-refractivity contribution in [3.8, 4) is 22.6 Å². The molecule has 0 saturated carbocycles. The molecule has 1 atom stereocenters. The van der Waals surface area contributed by atoms with Crippen LogP contribution in [0.4, 0.5) is 17.1 Å². The topological polar surface area (TPSA) is 50.8 Å². The summed E-state index contributed by atoms with van der Waals surface area (Å²) < 4.78 is 13.2. The summed E-state index contributed by atoms with van der Waals surface area (Å²) in [5.74, 6) is 0.944.